The highest BCUT2D eigenvalue weighted by molar-refractivity contribution is 5.34. The summed E-state index contributed by atoms with van der Waals surface area (Å²) in [6, 6.07) is 18.7. The fourth-order valence-corrected chi connectivity index (χ4v) is 2.10. The zero-order chi connectivity index (χ0) is 16.5. The molecule has 0 spiro atoms. The predicted molar refractivity (Wildman–Crippen MR) is 86.5 cm³/mol. The molecule has 2 aromatic rings. The highest BCUT2D eigenvalue weighted by Crippen LogP contribution is 2.12. The largest absolute Gasteiger partial charge is 0.491 e. The van der Waals surface area contributed by atoms with Crippen molar-refractivity contribution in [3.63, 3.8) is 0 Å². The number of nitrogens with zero attached hydrogens (tertiary/aromatic N) is 2. The van der Waals surface area contributed by atoms with Gasteiger partial charge in [-0.1, -0.05) is 30.3 Å². The summed E-state index contributed by atoms with van der Waals surface area (Å²) in [7, 11) is 1.58. The molecule has 0 aliphatic heterocycles. The lowest BCUT2D eigenvalue weighted by Gasteiger charge is -2.22. The summed E-state index contributed by atoms with van der Waals surface area (Å²) < 4.78 is 5.52. The molecule has 2 aromatic carbocycles. The third kappa shape index (κ3) is 5.72. The van der Waals surface area contributed by atoms with Gasteiger partial charge in [-0.3, -0.25) is 0 Å². The van der Waals surface area contributed by atoms with E-state index in [2.05, 4.69) is 0 Å². The number of hydrogen-bond acceptors (Lipinski definition) is 5. The Balaban J connectivity index is 1.80. The van der Waals surface area contributed by atoms with E-state index in [1.54, 1.807) is 36.4 Å². The second-order valence-electron chi connectivity index (χ2n) is 5.09. The van der Waals surface area contributed by atoms with Crippen LogP contribution in [0.25, 0.3) is 0 Å². The Morgan fingerprint density at radius 2 is 1.83 bits per heavy atom. The molecule has 0 heterocycles. The number of rotatable bonds is 8. The molecule has 5 heteroatoms. The number of hydrogen-bond donors (Lipinski definition) is 1. The van der Waals surface area contributed by atoms with E-state index >= 15 is 0 Å². The lowest BCUT2D eigenvalue weighted by Crippen LogP contribution is -2.34. The molecule has 2 rings (SSSR count). The standard InChI is InChI=1S/C18H20N2O3/c1-22-20(12-16-5-3-2-4-6-16)13-17(21)14-23-18-9-7-15(11-19)8-10-18/h2-10,17,21H,12-14H2,1H3. The van der Waals surface area contributed by atoms with Gasteiger partial charge in [-0.05, 0) is 29.8 Å². The van der Waals surface area contributed by atoms with E-state index < -0.39 is 6.10 Å². The molecule has 0 amide bonds. The second kappa shape index (κ2) is 8.91. The number of hydroxylamine groups is 2. The molecule has 23 heavy (non-hydrogen) atoms. The van der Waals surface area contributed by atoms with Crippen LogP contribution >= 0.6 is 0 Å². The SMILES string of the molecule is CON(Cc1ccccc1)CC(O)COc1ccc(C#N)cc1. The van der Waals surface area contributed by atoms with Crippen LogP contribution in [-0.4, -0.2) is 36.5 Å². The molecule has 0 bridgehead atoms. The van der Waals surface area contributed by atoms with Gasteiger partial charge in [-0.2, -0.15) is 10.3 Å². The first-order valence-corrected chi connectivity index (χ1v) is 7.35. The van der Waals surface area contributed by atoms with E-state index in [0.717, 1.165) is 5.56 Å². The van der Waals surface area contributed by atoms with E-state index in [1.807, 2.05) is 36.4 Å². The zero-order valence-electron chi connectivity index (χ0n) is 13.1. The second-order valence-corrected chi connectivity index (χ2v) is 5.09. The maximum atomic E-state index is 10.1. The van der Waals surface area contributed by atoms with Gasteiger partial charge in [-0.15, -0.1) is 0 Å². The van der Waals surface area contributed by atoms with Crippen molar-refractivity contribution in [3.8, 4) is 11.8 Å². The molecule has 0 radical (unpaired) electrons. The first-order valence-electron chi connectivity index (χ1n) is 7.35. The quantitative estimate of drug-likeness (QED) is 0.758. The summed E-state index contributed by atoms with van der Waals surface area (Å²) in [5.41, 5.74) is 1.68. The van der Waals surface area contributed by atoms with Crippen molar-refractivity contribution in [2.24, 2.45) is 0 Å². The minimum absolute atomic E-state index is 0.153. The minimum Gasteiger partial charge on any atom is -0.491 e. The minimum atomic E-state index is -0.686. The highest BCUT2D eigenvalue weighted by Gasteiger charge is 2.13. The van der Waals surface area contributed by atoms with Gasteiger partial charge in [-0.25, -0.2) is 0 Å². The maximum Gasteiger partial charge on any atom is 0.119 e. The number of benzene rings is 2. The van der Waals surface area contributed by atoms with Crippen molar-refractivity contribution in [2.45, 2.75) is 12.6 Å². The topological polar surface area (TPSA) is 65.7 Å². The van der Waals surface area contributed by atoms with Crippen LogP contribution < -0.4 is 4.74 Å². The van der Waals surface area contributed by atoms with Gasteiger partial charge >= 0.3 is 0 Å². The molecular weight excluding hydrogens is 292 g/mol. The predicted octanol–water partition coefficient (Wildman–Crippen LogP) is 2.36. The average Bonchev–Trinajstić information content (AvgIpc) is 2.60. The average molecular weight is 312 g/mol. The van der Waals surface area contributed by atoms with Crippen molar-refractivity contribution >= 4 is 0 Å². The molecule has 0 saturated carbocycles. The number of nitriles is 1. The van der Waals surface area contributed by atoms with Gasteiger partial charge in [0.1, 0.15) is 18.5 Å². The van der Waals surface area contributed by atoms with E-state index in [1.165, 1.54) is 0 Å². The smallest absolute Gasteiger partial charge is 0.119 e. The van der Waals surface area contributed by atoms with E-state index in [0.29, 0.717) is 24.4 Å². The Morgan fingerprint density at radius 1 is 1.13 bits per heavy atom. The molecular formula is C18H20N2O3. The van der Waals surface area contributed by atoms with E-state index in [4.69, 9.17) is 14.8 Å². The molecule has 1 atom stereocenters. The van der Waals surface area contributed by atoms with Crippen LogP contribution in [0.1, 0.15) is 11.1 Å². The Labute approximate surface area is 136 Å². The number of aliphatic hydroxyl groups is 1. The van der Waals surface area contributed by atoms with Crippen molar-refractivity contribution in [1.82, 2.24) is 5.06 Å². The first kappa shape index (κ1) is 17.0. The van der Waals surface area contributed by atoms with Crippen LogP contribution in [-0.2, 0) is 11.4 Å². The van der Waals surface area contributed by atoms with E-state index in [9.17, 15) is 5.11 Å². The van der Waals surface area contributed by atoms with Crippen molar-refractivity contribution in [3.05, 3.63) is 65.7 Å². The number of aliphatic hydroxyl groups excluding tert-OH is 1. The van der Waals surface area contributed by atoms with Gasteiger partial charge in [0, 0.05) is 6.54 Å². The monoisotopic (exact) mass is 312 g/mol. The lowest BCUT2D eigenvalue weighted by atomic mass is 10.2. The van der Waals surface area contributed by atoms with Gasteiger partial charge in [0.25, 0.3) is 0 Å². The molecule has 0 aliphatic carbocycles. The maximum absolute atomic E-state index is 10.1. The Morgan fingerprint density at radius 3 is 2.43 bits per heavy atom. The van der Waals surface area contributed by atoms with Crippen LogP contribution in [0.15, 0.2) is 54.6 Å². The zero-order valence-corrected chi connectivity index (χ0v) is 13.1. The van der Waals surface area contributed by atoms with Crippen LogP contribution in [0.5, 0.6) is 5.75 Å². The molecule has 0 aromatic heterocycles. The normalized spacial score (nSPS) is 11.9. The summed E-state index contributed by atoms with van der Waals surface area (Å²) in [5, 5.41) is 20.5. The third-order valence-electron chi connectivity index (χ3n) is 3.30. The van der Waals surface area contributed by atoms with Gasteiger partial charge in [0.2, 0.25) is 0 Å². The molecule has 1 N–H and O–H groups in total. The Hall–Kier alpha value is -2.39. The third-order valence-corrected chi connectivity index (χ3v) is 3.30. The van der Waals surface area contributed by atoms with Gasteiger partial charge in [0.05, 0.1) is 25.3 Å². The molecule has 120 valence electrons. The summed E-state index contributed by atoms with van der Waals surface area (Å²) in [5.74, 6) is 0.620. The van der Waals surface area contributed by atoms with Gasteiger partial charge < -0.3 is 14.7 Å². The summed E-state index contributed by atoms with van der Waals surface area (Å²) in [6.07, 6.45) is -0.686. The summed E-state index contributed by atoms with van der Waals surface area (Å²) in [6.45, 7) is 1.08. The van der Waals surface area contributed by atoms with Crippen LogP contribution in [0.3, 0.4) is 0 Å². The lowest BCUT2D eigenvalue weighted by molar-refractivity contribution is -0.158. The summed E-state index contributed by atoms with van der Waals surface area (Å²) >= 11 is 0. The molecule has 1 unspecified atom stereocenters. The first-order chi connectivity index (χ1) is 11.2. The van der Waals surface area contributed by atoms with Crippen LogP contribution in [0.2, 0.25) is 0 Å². The highest BCUT2D eigenvalue weighted by atomic mass is 16.7. The van der Waals surface area contributed by atoms with Gasteiger partial charge in [0.15, 0.2) is 0 Å². The fourth-order valence-electron chi connectivity index (χ4n) is 2.10. The molecule has 0 aliphatic rings. The Kier molecular flexibility index (Phi) is 6.57. The van der Waals surface area contributed by atoms with Crippen molar-refractivity contribution in [1.29, 1.82) is 5.26 Å². The van der Waals surface area contributed by atoms with E-state index in [-0.39, 0.29) is 6.61 Å². The number of ether oxygens (including phenoxy) is 1. The fraction of sp³-hybridized carbons (Fsp3) is 0.278. The molecule has 0 saturated heterocycles. The van der Waals surface area contributed by atoms with Crippen LogP contribution in [0.4, 0.5) is 0 Å². The molecule has 0 fully saturated rings. The Bertz CT molecular complexity index is 623. The van der Waals surface area contributed by atoms with Crippen LogP contribution in [0, 0.1) is 11.3 Å². The summed E-state index contributed by atoms with van der Waals surface area (Å²) in [4.78, 5) is 5.29. The van der Waals surface area contributed by atoms with Crippen molar-refractivity contribution < 1.29 is 14.7 Å². The molecule has 5 nitrogen and oxygen atoms in total. The van der Waals surface area contributed by atoms with Crippen molar-refractivity contribution in [2.75, 3.05) is 20.3 Å².